The molecule has 0 amide bonds. The van der Waals surface area contributed by atoms with Gasteiger partial charge in [-0.1, -0.05) is 6.07 Å². The van der Waals surface area contributed by atoms with E-state index in [1.54, 1.807) is 6.92 Å². The van der Waals surface area contributed by atoms with Gasteiger partial charge in [-0.05, 0) is 36.8 Å². The molecule has 2 aromatic carbocycles. The minimum Gasteiger partial charge on any atom is -0.517 e. The van der Waals surface area contributed by atoms with Crippen molar-refractivity contribution in [1.29, 1.82) is 0 Å². The molecule has 0 spiro atoms. The topological polar surface area (TPSA) is 18.5 Å². The molecule has 0 unspecified atom stereocenters. The van der Waals surface area contributed by atoms with Crippen molar-refractivity contribution in [3.63, 3.8) is 0 Å². The fourth-order valence-corrected chi connectivity index (χ4v) is 2.17. The third-order valence-electron chi connectivity index (χ3n) is 3.33. The molecule has 0 fully saturated rings. The van der Waals surface area contributed by atoms with Crippen LogP contribution in [0, 0.1) is 18.6 Å². The van der Waals surface area contributed by atoms with Crippen molar-refractivity contribution in [1.82, 2.24) is 0 Å². The number of aryl methyl sites for hydroxylation is 1. The third kappa shape index (κ3) is 2.38. The smallest absolute Gasteiger partial charge is 0.517 e. The summed E-state index contributed by atoms with van der Waals surface area (Å²) in [6.45, 7) is 1.55. The number of halogens is 5. The van der Waals surface area contributed by atoms with Crippen molar-refractivity contribution in [2.45, 2.75) is 13.1 Å². The van der Waals surface area contributed by atoms with Crippen molar-refractivity contribution in [3.05, 3.63) is 53.1 Å². The number of rotatable bonds is 1. The molecule has 114 valence electrons. The highest BCUT2D eigenvalue weighted by molar-refractivity contribution is 6.64. The van der Waals surface area contributed by atoms with Crippen molar-refractivity contribution in [3.8, 4) is 11.5 Å². The average Bonchev–Trinajstić information content (AvgIpc) is 2.88. The van der Waals surface area contributed by atoms with Crippen LogP contribution >= 0.6 is 0 Å². The SMILES string of the molecule is Cc1ccc(C(F)(F)F)cc1B1Oc2c(F)ccc(F)c2O1. The first-order valence-corrected chi connectivity index (χ1v) is 6.26. The van der Waals surface area contributed by atoms with E-state index in [4.69, 9.17) is 9.31 Å². The van der Waals surface area contributed by atoms with E-state index in [1.165, 1.54) is 6.07 Å². The lowest BCUT2D eigenvalue weighted by Gasteiger charge is -2.12. The van der Waals surface area contributed by atoms with Crippen LogP contribution in [0.3, 0.4) is 0 Å². The van der Waals surface area contributed by atoms with Crippen molar-refractivity contribution >= 4 is 12.6 Å². The van der Waals surface area contributed by atoms with Gasteiger partial charge in [-0.2, -0.15) is 13.2 Å². The number of fused-ring (bicyclic) bond motifs is 1. The average molecular weight is 314 g/mol. The summed E-state index contributed by atoms with van der Waals surface area (Å²) in [5, 5.41) is 0. The molecule has 0 saturated heterocycles. The normalized spacial score (nSPS) is 13.6. The van der Waals surface area contributed by atoms with Crippen molar-refractivity contribution in [2.24, 2.45) is 0 Å². The Hall–Kier alpha value is -2.25. The molecular formula is C14H8BF5O2. The minimum atomic E-state index is -4.54. The van der Waals surface area contributed by atoms with E-state index in [2.05, 4.69) is 0 Å². The van der Waals surface area contributed by atoms with Gasteiger partial charge >= 0.3 is 13.3 Å². The molecule has 0 aromatic heterocycles. The van der Waals surface area contributed by atoms with Gasteiger partial charge in [0.05, 0.1) is 5.56 Å². The van der Waals surface area contributed by atoms with Crippen LogP contribution in [-0.4, -0.2) is 7.12 Å². The Morgan fingerprint density at radius 2 is 1.45 bits per heavy atom. The molecule has 2 aromatic rings. The molecule has 0 N–H and O–H groups in total. The van der Waals surface area contributed by atoms with Crippen molar-refractivity contribution < 1.29 is 31.3 Å². The first-order chi connectivity index (χ1) is 10.3. The largest absolute Gasteiger partial charge is 0.633 e. The second-order valence-electron chi connectivity index (χ2n) is 4.82. The maximum absolute atomic E-state index is 13.6. The molecule has 3 rings (SSSR count). The van der Waals surface area contributed by atoms with E-state index in [0.717, 1.165) is 24.3 Å². The van der Waals surface area contributed by atoms with Crippen LogP contribution < -0.4 is 14.8 Å². The Morgan fingerprint density at radius 1 is 0.909 bits per heavy atom. The van der Waals surface area contributed by atoms with Crippen LogP contribution in [-0.2, 0) is 6.18 Å². The maximum atomic E-state index is 13.6. The Labute approximate surface area is 122 Å². The fourth-order valence-electron chi connectivity index (χ4n) is 2.17. The molecule has 0 bridgehead atoms. The summed E-state index contributed by atoms with van der Waals surface area (Å²) in [4.78, 5) is 0. The van der Waals surface area contributed by atoms with Crippen LogP contribution in [0.2, 0.25) is 0 Å². The van der Waals surface area contributed by atoms with Crippen LogP contribution in [0.5, 0.6) is 11.5 Å². The maximum Gasteiger partial charge on any atom is 0.633 e. The van der Waals surface area contributed by atoms with E-state index in [-0.39, 0.29) is 5.46 Å². The molecule has 8 heteroatoms. The van der Waals surface area contributed by atoms with Gasteiger partial charge in [0.15, 0.2) is 23.1 Å². The molecular weight excluding hydrogens is 306 g/mol. The Kier molecular flexibility index (Phi) is 3.27. The van der Waals surface area contributed by atoms with E-state index < -0.39 is 42.0 Å². The van der Waals surface area contributed by atoms with Crippen LogP contribution in [0.15, 0.2) is 30.3 Å². The number of hydrogen-bond acceptors (Lipinski definition) is 2. The molecule has 22 heavy (non-hydrogen) atoms. The van der Waals surface area contributed by atoms with Crippen LogP contribution in [0.25, 0.3) is 0 Å². The van der Waals surface area contributed by atoms with Gasteiger partial charge in [0.25, 0.3) is 0 Å². The van der Waals surface area contributed by atoms with Crippen molar-refractivity contribution in [2.75, 3.05) is 0 Å². The fraction of sp³-hybridized carbons (Fsp3) is 0.143. The summed E-state index contributed by atoms with van der Waals surface area (Å²) < 4.78 is 75.8. The summed E-state index contributed by atoms with van der Waals surface area (Å²) in [5.74, 6) is -2.57. The summed E-state index contributed by atoms with van der Waals surface area (Å²) in [5.41, 5.74) is -0.381. The molecule has 0 radical (unpaired) electrons. The lowest BCUT2D eigenvalue weighted by Crippen LogP contribution is -2.41. The Balaban J connectivity index is 2.01. The highest BCUT2D eigenvalue weighted by Gasteiger charge is 2.40. The number of benzene rings is 2. The van der Waals surface area contributed by atoms with Gasteiger partial charge in [-0.15, -0.1) is 0 Å². The van der Waals surface area contributed by atoms with Gasteiger partial charge in [0.2, 0.25) is 0 Å². The summed E-state index contributed by atoms with van der Waals surface area (Å²) >= 11 is 0. The molecule has 1 heterocycles. The first-order valence-electron chi connectivity index (χ1n) is 6.26. The van der Waals surface area contributed by atoms with Gasteiger partial charge in [-0.3, -0.25) is 0 Å². The predicted octanol–water partition coefficient (Wildman–Crippen LogP) is 3.46. The third-order valence-corrected chi connectivity index (χ3v) is 3.33. The van der Waals surface area contributed by atoms with Gasteiger partial charge in [0, 0.05) is 5.46 Å². The molecule has 1 aliphatic heterocycles. The zero-order valence-corrected chi connectivity index (χ0v) is 11.2. The molecule has 2 nitrogen and oxygen atoms in total. The highest BCUT2D eigenvalue weighted by Crippen LogP contribution is 2.38. The zero-order valence-electron chi connectivity index (χ0n) is 11.2. The standard InChI is InChI=1S/C14H8BF5O2/c1-7-2-3-8(14(18,19)20)6-9(7)15-21-12-10(16)4-5-11(17)13(12)22-15/h2-6H,1H3. The summed E-state index contributed by atoms with van der Waals surface area (Å²) in [7, 11) is -1.33. The van der Waals surface area contributed by atoms with Gasteiger partial charge in [0.1, 0.15) is 0 Å². The summed E-state index contributed by atoms with van der Waals surface area (Å²) in [6, 6.07) is 4.74. The second kappa shape index (κ2) is 4.89. The quantitative estimate of drug-likeness (QED) is 0.593. The van der Waals surface area contributed by atoms with Crippen LogP contribution in [0.4, 0.5) is 22.0 Å². The van der Waals surface area contributed by atoms with Gasteiger partial charge in [-0.25, -0.2) is 8.78 Å². The summed E-state index contributed by atoms with van der Waals surface area (Å²) in [6.07, 6.45) is -4.54. The molecule has 0 aliphatic carbocycles. The molecule has 0 atom stereocenters. The van der Waals surface area contributed by atoms with E-state index in [0.29, 0.717) is 5.56 Å². The monoisotopic (exact) mass is 314 g/mol. The first kappa shape index (κ1) is 14.7. The van der Waals surface area contributed by atoms with E-state index in [1.807, 2.05) is 0 Å². The van der Waals surface area contributed by atoms with E-state index >= 15 is 0 Å². The highest BCUT2D eigenvalue weighted by atomic mass is 19.4. The Bertz CT molecular complexity index is 714. The number of hydrogen-bond donors (Lipinski definition) is 0. The number of alkyl halides is 3. The molecule has 0 saturated carbocycles. The molecule has 1 aliphatic rings. The van der Waals surface area contributed by atoms with E-state index in [9.17, 15) is 22.0 Å². The lowest BCUT2D eigenvalue weighted by molar-refractivity contribution is -0.137. The Morgan fingerprint density at radius 3 is 1.95 bits per heavy atom. The lowest BCUT2D eigenvalue weighted by atomic mass is 9.75. The second-order valence-corrected chi connectivity index (χ2v) is 4.82. The van der Waals surface area contributed by atoms with Crippen LogP contribution in [0.1, 0.15) is 11.1 Å². The predicted molar refractivity (Wildman–Crippen MR) is 69.2 cm³/mol. The van der Waals surface area contributed by atoms with Gasteiger partial charge < -0.3 is 9.31 Å². The minimum absolute atomic E-state index is 0.0600. The zero-order chi connectivity index (χ0) is 16.1.